The Labute approximate surface area is 79.2 Å². The molecule has 1 rings (SSSR count). The van der Waals surface area contributed by atoms with Crippen molar-refractivity contribution in [3.63, 3.8) is 0 Å². The average Bonchev–Trinajstić information content (AvgIpc) is 2.55. The van der Waals surface area contributed by atoms with E-state index in [0.29, 0.717) is 11.1 Å². The zero-order chi connectivity index (χ0) is 9.57. The number of hydrogen-bond acceptors (Lipinski definition) is 3. The van der Waals surface area contributed by atoms with Gasteiger partial charge in [0.05, 0.1) is 0 Å². The van der Waals surface area contributed by atoms with Crippen LogP contribution in [0.15, 0.2) is 10.3 Å². The van der Waals surface area contributed by atoms with Crippen molar-refractivity contribution in [1.29, 1.82) is 0 Å². The predicted molar refractivity (Wildman–Crippen MR) is 50.2 cm³/mol. The molecule has 0 fully saturated rings. The molecule has 0 N–H and O–H groups in total. The molecule has 0 radical (unpaired) electrons. The minimum atomic E-state index is 0.493. The van der Waals surface area contributed by atoms with Crippen molar-refractivity contribution < 1.29 is 9.39 Å². The van der Waals surface area contributed by atoms with Gasteiger partial charge in [-0.1, -0.05) is 13.3 Å². The Balaban J connectivity index is 2.38. The molecule has 0 aromatic heterocycles. The Kier molecular flexibility index (Phi) is 4.02. The van der Waals surface area contributed by atoms with Crippen LogP contribution in [0.3, 0.4) is 0 Å². The lowest BCUT2D eigenvalue weighted by molar-refractivity contribution is -0.922. The summed E-state index contributed by atoms with van der Waals surface area (Å²) in [5.41, 5.74) is 0. The number of rotatable bonds is 6. The Morgan fingerprint density at radius 2 is 2.31 bits per heavy atom. The first-order chi connectivity index (χ1) is 6.33. The van der Waals surface area contributed by atoms with Gasteiger partial charge >= 0.3 is 0 Å². The van der Waals surface area contributed by atoms with Crippen molar-refractivity contribution in [2.24, 2.45) is 10.3 Å². The van der Waals surface area contributed by atoms with Gasteiger partial charge in [-0.2, -0.15) is 4.59 Å². The summed E-state index contributed by atoms with van der Waals surface area (Å²) in [7, 11) is 0. The molecule has 74 valence electrons. The number of hydrogen-bond donors (Lipinski definition) is 0. The largest absolute Gasteiger partial charge is 0.297 e. The third-order valence-corrected chi connectivity index (χ3v) is 2.46. The highest BCUT2D eigenvalue weighted by Gasteiger charge is 2.30. The molecule has 0 bridgehead atoms. The minimum Gasteiger partial charge on any atom is -0.297 e. The van der Waals surface area contributed by atoms with E-state index in [-0.39, 0.29) is 0 Å². The summed E-state index contributed by atoms with van der Waals surface area (Å²) in [5.74, 6) is 0. The molecule has 0 aromatic rings. The molecule has 0 spiro atoms. The second-order valence-corrected chi connectivity index (χ2v) is 3.55. The van der Waals surface area contributed by atoms with Crippen molar-refractivity contribution in [2.75, 3.05) is 26.2 Å². The third-order valence-electron chi connectivity index (χ3n) is 2.46. The van der Waals surface area contributed by atoms with Gasteiger partial charge in [-0.25, -0.2) is 0 Å². The normalized spacial score (nSPS) is 26.5. The van der Waals surface area contributed by atoms with Crippen molar-refractivity contribution in [2.45, 2.75) is 26.2 Å². The minimum absolute atomic E-state index is 0.493. The number of carbonyl (C=O) groups is 1. The van der Waals surface area contributed by atoms with Gasteiger partial charge in [0.25, 0.3) is 0 Å². The van der Waals surface area contributed by atoms with E-state index in [1.807, 2.05) is 0 Å². The highest BCUT2D eigenvalue weighted by Crippen LogP contribution is 2.15. The maximum atomic E-state index is 10.5. The molecule has 0 amide bonds. The van der Waals surface area contributed by atoms with E-state index in [1.165, 1.54) is 12.8 Å². The quantitative estimate of drug-likeness (QED) is 0.351. The van der Waals surface area contributed by atoms with Crippen LogP contribution in [0.4, 0.5) is 0 Å². The molecule has 1 aliphatic heterocycles. The summed E-state index contributed by atoms with van der Waals surface area (Å²) < 4.78 is 0.545. The zero-order valence-corrected chi connectivity index (χ0v) is 8.28. The smallest absolute Gasteiger partial charge is 0.176 e. The summed E-state index contributed by atoms with van der Waals surface area (Å²) in [6.07, 6.45) is 4.52. The summed E-state index contributed by atoms with van der Waals surface area (Å²) >= 11 is 0. The molecule has 1 atom stereocenters. The van der Waals surface area contributed by atoms with Gasteiger partial charge in [0, 0.05) is 5.22 Å². The van der Waals surface area contributed by atoms with Gasteiger partial charge in [-0.15, -0.1) is 5.11 Å². The second kappa shape index (κ2) is 5.07. The summed E-state index contributed by atoms with van der Waals surface area (Å²) in [6.45, 7) is 5.32. The molecule has 0 saturated heterocycles. The lowest BCUT2D eigenvalue weighted by atomic mass is 10.2. The van der Waals surface area contributed by atoms with Gasteiger partial charge in [0.15, 0.2) is 12.8 Å². The van der Waals surface area contributed by atoms with E-state index in [0.717, 1.165) is 32.3 Å². The number of aldehydes is 1. The van der Waals surface area contributed by atoms with Gasteiger partial charge in [0.1, 0.15) is 19.6 Å². The van der Waals surface area contributed by atoms with E-state index < -0.39 is 0 Å². The Morgan fingerprint density at radius 1 is 1.46 bits per heavy atom. The molecule has 1 aliphatic rings. The van der Waals surface area contributed by atoms with Crippen molar-refractivity contribution in [1.82, 2.24) is 0 Å². The van der Waals surface area contributed by atoms with E-state index >= 15 is 0 Å². The second-order valence-electron chi connectivity index (χ2n) is 3.55. The molecular formula is C9H18N3O+. The van der Waals surface area contributed by atoms with Gasteiger partial charge in [-0.05, 0) is 12.8 Å². The van der Waals surface area contributed by atoms with Gasteiger partial charge in [-0.3, -0.25) is 4.79 Å². The van der Waals surface area contributed by atoms with Crippen LogP contribution in [0.1, 0.15) is 26.2 Å². The SMILES string of the molecule is CCCCC[N+]1(CC=O)CCN=N1. The maximum absolute atomic E-state index is 10.5. The molecule has 4 nitrogen and oxygen atoms in total. The standard InChI is InChI=1S/C9H18N3O/c1-2-3-4-6-12(8-9-13)7-5-10-11-12/h9H,2-8H2,1H3/q+1. The van der Waals surface area contributed by atoms with E-state index in [9.17, 15) is 4.79 Å². The fourth-order valence-corrected chi connectivity index (χ4v) is 1.62. The fraction of sp³-hybridized carbons (Fsp3) is 0.889. The van der Waals surface area contributed by atoms with E-state index in [2.05, 4.69) is 17.3 Å². The predicted octanol–water partition coefficient (Wildman–Crippen LogP) is 1.57. The summed E-state index contributed by atoms with van der Waals surface area (Å²) in [5, 5.41) is 8.13. The van der Waals surface area contributed by atoms with E-state index in [1.54, 1.807) is 0 Å². The van der Waals surface area contributed by atoms with Crippen LogP contribution in [0.2, 0.25) is 0 Å². The number of quaternary nitrogens is 1. The topological polar surface area (TPSA) is 41.8 Å². The number of carbonyl (C=O) groups excluding carboxylic acids is 1. The molecule has 1 unspecified atom stereocenters. The summed E-state index contributed by atoms with van der Waals surface area (Å²) in [6, 6.07) is 0. The molecular weight excluding hydrogens is 166 g/mol. The van der Waals surface area contributed by atoms with Crippen LogP contribution in [0.5, 0.6) is 0 Å². The first-order valence-electron chi connectivity index (χ1n) is 5.02. The van der Waals surface area contributed by atoms with Crippen LogP contribution in [0.25, 0.3) is 0 Å². The van der Waals surface area contributed by atoms with Crippen molar-refractivity contribution in [3.05, 3.63) is 0 Å². The molecule has 1 heterocycles. The van der Waals surface area contributed by atoms with Crippen LogP contribution in [-0.2, 0) is 4.79 Å². The Bertz CT molecular complexity index is 193. The highest BCUT2D eigenvalue weighted by molar-refractivity contribution is 5.50. The lowest BCUT2D eigenvalue weighted by Gasteiger charge is -2.23. The van der Waals surface area contributed by atoms with Gasteiger partial charge in [0.2, 0.25) is 0 Å². The summed E-state index contributed by atoms with van der Waals surface area (Å²) in [4.78, 5) is 10.5. The maximum Gasteiger partial charge on any atom is 0.176 e. The zero-order valence-electron chi connectivity index (χ0n) is 8.28. The van der Waals surface area contributed by atoms with Crippen molar-refractivity contribution >= 4 is 6.29 Å². The van der Waals surface area contributed by atoms with Crippen LogP contribution >= 0.6 is 0 Å². The van der Waals surface area contributed by atoms with Crippen molar-refractivity contribution in [3.8, 4) is 0 Å². The Morgan fingerprint density at radius 3 is 2.85 bits per heavy atom. The Hall–Kier alpha value is -0.770. The monoisotopic (exact) mass is 184 g/mol. The lowest BCUT2D eigenvalue weighted by Crippen LogP contribution is -2.43. The van der Waals surface area contributed by atoms with Crippen LogP contribution in [-0.4, -0.2) is 37.1 Å². The number of nitrogens with zero attached hydrogens (tertiary/aromatic N) is 3. The first kappa shape index (κ1) is 10.3. The fourth-order valence-electron chi connectivity index (χ4n) is 1.62. The molecule has 0 aliphatic carbocycles. The first-order valence-corrected chi connectivity index (χ1v) is 5.02. The highest BCUT2D eigenvalue weighted by atomic mass is 16.1. The molecule has 13 heavy (non-hydrogen) atoms. The van der Waals surface area contributed by atoms with Crippen LogP contribution in [0, 0.1) is 0 Å². The molecule has 0 aromatic carbocycles. The van der Waals surface area contributed by atoms with Crippen LogP contribution < -0.4 is 0 Å². The average molecular weight is 184 g/mol. The number of unbranched alkanes of at least 4 members (excludes halogenated alkanes) is 2. The molecule has 4 heteroatoms. The third kappa shape index (κ3) is 2.88. The van der Waals surface area contributed by atoms with Gasteiger partial charge < -0.3 is 0 Å². The molecule has 0 saturated carbocycles. The van der Waals surface area contributed by atoms with E-state index in [4.69, 9.17) is 0 Å².